The lowest BCUT2D eigenvalue weighted by molar-refractivity contribution is 0.102. The summed E-state index contributed by atoms with van der Waals surface area (Å²) in [5, 5.41) is 12.1. The van der Waals surface area contributed by atoms with E-state index in [1.165, 1.54) is 12.1 Å². The van der Waals surface area contributed by atoms with Crippen molar-refractivity contribution in [1.29, 1.82) is 0 Å². The molecule has 0 atom stereocenters. The lowest BCUT2D eigenvalue weighted by atomic mass is 10.1. The second kappa shape index (κ2) is 6.06. The fraction of sp³-hybridized carbons (Fsp3) is 0.133. The second-order valence-electron chi connectivity index (χ2n) is 4.05. The Morgan fingerprint density at radius 1 is 1.30 bits per heavy atom. The number of phenols is 1. The number of amides is 1. The Labute approximate surface area is 115 Å². The molecule has 20 heavy (non-hydrogen) atoms. The highest BCUT2D eigenvalue weighted by Crippen LogP contribution is 2.23. The number of halogens is 1. The Morgan fingerprint density at radius 3 is 2.75 bits per heavy atom. The monoisotopic (exact) mass is 275 g/mol. The molecule has 0 aliphatic heterocycles. The molecule has 0 bridgehead atoms. The van der Waals surface area contributed by atoms with Gasteiger partial charge in [0.05, 0.1) is 6.61 Å². The molecule has 1 amide bonds. The van der Waals surface area contributed by atoms with Crippen LogP contribution < -0.4 is 10.1 Å². The van der Waals surface area contributed by atoms with Gasteiger partial charge in [0.1, 0.15) is 22.9 Å². The Morgan fingerprint density at radius 2 is 2.05 bits per heavy atom. The Balaban J connectivity index is 2.21. The molecular formula is C15H14FNO3. The minimum Gasteiger partial charge on any atom is -0.507 e. The quantitative estimate of drug-likeness (QED) is 0.901. The van der Waals surface area contributed by atoms with Gasteiger partial charge in [-0.3, -0.25) is 4.79 Å². The first-order valence-corrected chi connectivity index (χ1v) is 6.13. The molecule has 104 valence electrons. The third-order valence-electron chi connectivity index (χ3n) is 2.62. The van der Waals surface area contributed by atoms with Crippen molar-refractivity contribution in [3.05, 3.63) is 53.8 Å². The molecule has 0 aliphatic rings. The van der Waals surface area contributed by atoms with Crippen LogP contribution in [0.4, 0.5) is 10.1 Å². The normalized spacial score (nSPS) is 10.1. The number of ether oxygens (including phenoxy) is 1. The van der Waals surface area contributed by atoms with Crippen LogP contribution in [0.5, 0.6) is 11.5 Å². The molecule has 0 spiro atoms. The maximum absolute atomic E-state index is 13.6. The molecule has 2 rings (SSSR count). The molecular weight excluding hydrogens is 261 g/mol. The minimum atomic E-state index is -0.775. The first kappa shape index (κ1) is 13.9. The molecule has 0 saturated carbocycles. The second-order valence-corrected chi connectivity index (χ2v) is 4.05. The number of anilines is 1. The van der Waals surface area contributed by atoms with Gasteiger partial charge in [0.15, 0.2) is 0 Å². The average Bonchev–Trinajstić information content (AvgIpc) is 2.39. The van der Waals surface area contributed by atoms with Gasteiger partial charge >= 0.3 is 0 Å². The van der Waals surface area contributed by atoms with Gasteiger partial charge in [-0.2, -0.15) is 0 Å². The van der Waals surface area contributed by atoms with E-state index in [-0.39, 0.29) is 5.56 Å². The molecule has 0 heterocycles. The molecule has 0 saturated heterocycles. The van der Waals surface area contributed by atoms with Crippen LogP contribution in [0.15, 0.2) is 42.5 Å². The summed E-state index contributed by atoms with van der Waals surface area (Å²) in [4.78, 5) is 12.0. The molecule has 2 N–H and O–H groups in total. The highest BCUT2D eigenvalue weighted by molar-refractivity contribution is 6.06. The van der Waals surface area contributed by atoms with E-state index < -0.39 is 17.5 Å². The number of rotatable bonds is 4. The van der Waals surface area contributed by atoms with Crippen LogP contribution in [0.1, 0.15) is 17.3 Å². The van der Waals surface area contributed by atoms with E-state index in [1.807, 2.05) is 6.92 Å². The summed E-state index contributed by atoms with van der Waals surface area (Å²) in [5.41, 5.74) is 0.0814. The van der Waals surface area contributed by atoms with Crippen LogP contribution in [0.3, 0.4) is 0 Å². The van der Waals surface area contributed by atoms with Gasteiger partial charge in [0, 0.05) is 11.8 Å². The minimum absolute atomic E-state index is 0.380. The van der Waals surface area contributed by atoms with Crippen molar-refractivity contribution in [1.82, 2.24) is 0 Å². The Kier molecular flexibility index (Phi) is 4.20. The van der Waals surface area contributed by atoms with E-state index in [1.54, 1.807) is 24.3 Å². The summed E-state index contributed by atoms with van der Waals surface area (Å²) in [7, 11) is 0. The van der Waals surface area contributed by atoms with E-state index in [0.717, 1.165) is 6.07 Å². The van der Waals surface area contributed by atoms with E-state index in [0.29, 0.717) is 18.0 Å². The molecule has 0 radical (unpaired) electrons. The smallest absolute Gasteiger partial charge is 0.262 e. The predicted molar refractivity (Wildman–Crippen MR) is 73.6 cm³/mol. The molecule has 0 fully saturated rings. The fourth-order valence-corrected chi connectivity index (χ4v) is 1.76. The number of nitrogens with one attached hydrogen (secondary N) is 1. The predicted octanol–water partition coefficient (Wildman–Crippen LogP) is 3.18. The topological polar surface area (TPSA) is 58.6 Å². The maximum atomic E-state index is 13.6. The van der Waals surface area contributed by atoms with Crippen molar-refractivity contribution in [2.24, 2.45) is 0 Å². The van der Waals surface area contributed by atoms with Crippen molar-refractivity contribution < 1.29 is 19.0 Å². The van der Waals surface area contributed by atoms with E-state index in [2.05, 4.69) is 5.32 Å². The van der Waals surface area contributed by atoms with E-state index >= 15 is 0 Å². The zero-order chi connectivity index (χ0) is 14.5. The van der Waals surface area contributed by atoms with Gasteiger partial charge in [-0.15, -0.1) is 0 Å². The number of hydrogen-bond acceptors (Lipinski definition) is 3. The summed E-state index contributed by atoms with van der Waals surface area (Å²) in [6.07, 6.45) is 0. The Bertz CT molecular complexity index is 608. The number of carbonyl (C=O) groups is 1. The molecule has 2 aromatic carbocycles. The average molecular weight is 275 g/mol. The zero-order valence-corrected chi connectivity index (χ0v) is 10.9. The first-order chi connectivity index (χ1) is 9.61. The van der Waals surface area contributed by atoms with Crippen molar-refractivity contribution in [2.75, 3.05) is 11.9 Å². The molecule has 0 aromatic heterocycles. The summed E-state index contributed by atoms with van der Waals surface area (Å²) in [6, 6.07) is 10.4. The molecule has 4 nitrogen and oxygen atoms in total. The highest BCUT2D eigenvalue weighted by atomic mass is 19.1. The summed E-state index contributed by atoms with van der Waals surface area (Å²) in [5.74, 6) is -1.29. The third kappa shape index (κ3) is 3.06. The van der Waals surface area contributed by atoms with E-state index in [4.69, 9.17) is 4.74 Å². The standard InChI is InChI=1S/C15H14FNO3/c1-2-20-11-6-3-5-10(9-11)17-15(19)14-12(16)7-4-8-13(14)18/h3-9,18H,2H2,1H3,(H,17,19). The van der Waals surface area contributed by atoms with Crippen molar-refractivity contribution in [2.45, 2.75) is 6.92 Å². The summed E-state index contributed by atoms with van der Waals surface area (Å²) in [6.45, 7) is 2.36. The highest BCUT2D eigenvalue weighted by Gasteiger charge is 2.16. The number of carbonyl (C=O) groups excluding carboxylic acids is 1. The summed E-state index contributed by atoms with van der Waals surface area (Å²) >= 11 is 0. The molecule has 5 heteroatoms. The lowest BCUT2D eigenvalue weighted by Crippen LogP contribution is -2.14. The molecule has 2 aromatic rings. The van der Waals surface area contributed by atoms with Gasteiger partial charge in [-0.05, 0) is 31.2 Å². The van der Waals surface area contributed by atoms with Crippen LogP contribution in [0, 0.1) is 5.82 Å². The number of aromatic hydroxyl groups is 1. The molecule has 0 aliphatic carbocycles. The van der Waals surface area contributed by atoms with Gasteiger partial charge in [-0.1, -0.05) is 12.1 Å². The lowest BCUT2D eigenvalue weighted by Gasteiger charge is -2.09. The largest absolute Gasteiger partial charge is 0.507 e. The zero-order valence-electron chi connectivity index (χ0n) is 10.9. The van der Waals surface area contributed by atoms with Gasteiger partial charge in [0.2, 0.25) is 0 Å². The van der Waals surface area contributed by atoms with Gasteiger partial charge < -0.3 is 15.2 Å². The van der Waals surface area contributed by atoms with Gasteiger partial charge in [0.25, 0.3) is 5.91 Å². The number of hydrogen-bond donors (Lipinski definition) is 2. The van der Waals surface area contributed by atoms with Crippen molar-refractivity contribution >= 4 is 11.6 Å². The van der Waals surface area contributed by atoms with Crippen LogP contribution >= 0.6 is 0 Å². The fourth-order valence-electron chi connectivity index (χ4n) is 1.76. The van der Waals surface area contributed by atoms with Crippen molar-refractivity contribution in [3.8, 4) is 11.5 Å². The van der Waals surface area contributed by atoms with Crippen LogP contribution in [-0.2, 0) is 0 Å². The summed E-state index contributed by atoms with van der Waals surface area (Å²) < 4.78 is 18.9. The van der Waals surface area contributed by atoms with Gasteiger partial charge in [-0.25, -0.2) is 4.39 Å². The van der Waals surface area contributed by atoms with Crippen LogP contribution in [-0.4, -0.2) is 17.6 Å². The number of phenolic OH excluding ortho intramolecular Hbond substituents is 1. The van der Waals surface area contributed by atoms with Crippen molar-refractivity contribution in [3.63, 3.8) is 0 Å². The number of benzene rings is 2. The van der Waals surface area contributed by atoms with Crippen LogP contribution in [0.2, 0.25) is 0 Å². The third-order valence-corrected chi connectivity index (χ3v) is 2.62. The first-order valence-electron chi connectivity index (χ1n) is 6.13. The Hall–Kier alpha value is -2.56. The van der Waals surface area contributed by atoms with Crippen LogP contribution in [0.25, 0.3) is 0 Å². The molecule has 0 unspecified atom stereocenters. The van der Waals surface area contributed by atoms with E-state index in [9.17, 15) is 14.3 Å². The SMILES string of the molecule is CCOc1cccc(NC(=O)c2c(O)cccc2F)c1. The maximum Gasteiger partial charge on any atom is 0.262 e.